The summed E-state index contributed by atoms with van der Waals surface area (Å²) < 4.78 is 43.0. The fourth-order valence-electron chi connectivity index (χ4n) is 4.32. The van der Waals surface area contributed by atoms with Crippen LogP contribution in [-0.4, -0.2) is 91.5 Å². The summed E-state index contributed by atoms with van der Waals surface area (Å²) in [5.41, 5.74) is 6.91. The largest absolute Gasteiger partial charge is 0.379 e. The van der Waals surface area contributed by atoms with Crippen LogP contribution in [-0.2, 0) is 36.6 Å². The molecule has 240 valence electrons. The number of aromatic nitrogens is 4. The Labute approximate surface area is 257 Å². The lowest BCUT2D eigenvalue weighted by atomic mass is 10.2. The molecule has 3 N–H and O–H groups in total. The molecule has 0 amide bonds. The van der Waals surface area contributed by atoms with Crippen molar-refractivity contribution >= 4 is 28.7 Å². The van der Waals surface area contributed by atoms with Crippen LogP contribution in [0.2, 0.25) is 0 Å². The van der Waals surface area contributed by atoms with E-state index in [1.165, 1.54) is 12.1 Å². The van der Waals surface area contributed by atoms with Crippen LogP contribution in [0.5, 0.6) is 0 Å². The zero-order chi connectivity index (χ0) is 30.5. The normalized spacial score (nSPS) is 11.6. The maximum absolute atomic E-state index is 13.4. The number of benzene rings is 1. The van der Waals surface area contributed by atoms with E-state index in [4.69, 9.17) is 41.0 Å². The van der Waals surface area contributed by atoms with Gasteiger partial charge in [0.15, 0.2) is 11.2 Å². The van der Waals surface area contributed by atoms with Crippen LogP contribution in [0.4, 0.5) is 10.3 Å². The lowest BCUT2D eigenvalue weighted by Gasteiger charge is -2.10. The van der Waals surface area contributed by atoms with E-state index in [2.05, 4.69) is 15.0 Å². The molecule has 0 unspecified atom stereocenters. The Balaban J connectivity index is 1.19. The molecule has 11 nitrogen and oxygen atoms in total. The van der Waals surface area contributed by atoms with Gasteiger partial charge in [0.05, 0.1) is 59.4 Å². The van der Waals surface area contributed by atoms with E-state index in [-0.39, 0.29) is 22.8 Å². The van der Waals surface area contributed by atoms with E-state index >= 15 is 0 Å². The SMILES string of the molecule is Nc1nc2c(nc(CCCCOCCOCCOCCOCCOCCCCCCCl)n2Cc2ccc(F)cc2)c(=O)[nH]1. The Hall–Kier alpha value is -2.61. The minimum atomic E-state index is -0.384. The third kappa shape index (κ3) is 13.7. The molecule has 2 aromatic heterocycles. The summed E-state index contributed by atoms with van der Waals surface area (Å²) >= 11 is 5.66. The number of nitrogen functional groups attached to an aromatic ring is 1. The molecule has 2 heterocycles. The number of anilines is 1. The number of hydrogen-bond acceptors (Lipinski definition) is 9. The number of H-pyrrole nitrogens is 1. The van der Waals surface area contributed by atoms with Crippen LogP contribution >= 0.6 is 11.6 Å². The summed E-state index contributed by atoms with van der Waals surface area (Å²) in [7, 11) is 0. The number of alkyl halides is 1. The third-order valence-electron chi connectivity index (χ3n) is 6.56. The Morgan fingerprint density at radius 3 is 1.86 bits per heavy atom. The van der Waals surface area contributed by atoms with Gasteiger partial charge in [-0.05, 0) is 43.4 Å². The van der Waals surface area contributed by atoms with Crippen molar-refractivity contribution in [1.82, 2.24) is 19.5 Å². The second kappa shape index (κ2) is 21.2. The Morgan fingerprint density at radius 1 is 0.744 bits per heavy atom. The first-order valence-electron chi connectivity index (χ1n) is 15.0. The lowest BCUT2D eigenvalue weighted by molar-refractivity contribution is -0.0114. The molecular formula is C30H45ClFN5O6. The van der Waals surface area contributed by atoms with Crippen LogP contribution in [0.3, 0.4) is 0 Å². The second-order valence-electron chi connectivity index (χ2n) is 9.99. The van der Waals surface area contributed by atoms with Crippen molar-refractivity contribution in [2.45, 2.75) is 51.5 Å². The van der Waals surface area contributed by atoms with Crippen LogP contribution in [0, 0.1) is 5.82 Å². The highest BCUT2D eigenvalue weighted by molar-refractivity contribution is 6.17. The highest BCUT2D eigenvalue weighted by atomic mass is 35.5. The molecule has 0 saturated carbocycles. The van der Waals surface area contributed by atoms with E-state index in [0.717, 1.165) is 62.4 Å². The standard InChI is InChI=1S/C30H45ClFN5O6/c31-12-4-1-2-5-13-39-15-17-41-19-21-43-22-20-42-18-16-40-14-6-3-7-26-34-27-28(35-30(33)36-29(27)38)37(26)23-24-8-10-25(32)11-9-24/h8-11H,1-7,12-23H2,(H3,33,35,36,38). The number of nitrogens with zero attached hydrogens (tertiary/aromatic N) is 3. The Morgan fingerprint density at radius 2 is 1.28 bits per heavy atom. The number of nitrogens with one attached hydrogen (secondary N) is 1. The number of aryl methyl sites for hydroxylation is 1. The number of aromatic amines is 1. The van der Waals surface area contributed by atoms with Crippen molar-refractivity contribution < 1.29 is 28.1 Å². The molecule has 0 bridgehead atoms. The fraction of sp³-hybridized carbons (Fsp3) is 0.633. The number of unbranched alkanes of at least 4 members (excludes halogenated alkanes) is 4. The topological polar surface area (TPSA) is 136 Å². The quantitative estimate of drug-likeness (QED) is 0.105. The van der Waals surface area contributed by atoms with Crippen molar-refractivity contribution in [2.75, 3.05) is 77.7 Å². The molecule has 0 aliphatic heterocycles. The van der Waals surface area contributed by atoms with Crippen molar-refractivity contribution in [3.05, 3.63) is 51.8 Å². The summed E-state index contributed by atoms with van der Waals surface area (Å²) in [5, 5.41) is 0. The molecule has 0 radical (unpaired) electrons. The Bertz CT molecular complexity index is 1230. The minimum absolute atomic E-state index is 0.0256. The van der Waals surface area contributed by atoms with Crippen molar-refractivity contribution in [3.63, 3.8) is 0 Å². The molecule has 0 saturated heterocycles. The summed E-state index contributed by atoms with van der Waals surface area (Å²) in [6, 6.07) is 6.20. The van der Waals surface area contributed by atoms with Gasteiger partial charge >= 0.3 is 0 Å². The van der Waals surface area contributed by atoms with Crippen LogP contribution in [0.15, 0.2) is 29.1 Å². The van der Waals surface area contributed by atoms with Crippen LogP contribution in [0.1, 0.15) is 49.9 Å². The Kier molecular flexibility index (Phi) is 17.2. The first kappa shape index (κ1) is 34.9. The molecule has 0 fully saturated rings. The lowest BCUT2D eigenvalue weighted by Crippen LogP contribution is -2.13. The highest BCUT2D eigenvalue weighted by Gasteiger charge is 2.16. The van der Waals surface area contributed by atoms with Crippen LogP contribution < -0.4 is 11.3 Å². The molecule has 0 atom stereocenters. The molecule has 43 heavy (non-hydrogen) atoms. The number of fused-ring (bicyclic) bond motifs is 1. The van der Waals surface area contributed by atoms with Crippen molar-refractivity contribution in [1.29, 1.82) is 0 Å². The number of nitrogens with two attached hydrogens (primary N) is 1. The average Bonchev–Trinajstić information content (AvgIpc) is 3.33. The monoisotopic (exact) mass is 625 g/mol. The molecule has 3 aromatic rings. The highest BCUT2D eigenvalue weighted by Crippen LogP contribution is 2.17. The van der Waals surface area contributed by atoms with Gasteiger partial charge < -0.3 is 34.0 Å². The van der Waals surface area contributed by atoms with E-state index < -0.39 is 0 Å². The number of ether oxygens (including phenoxy) is 5. The molecule has 13 heteroatoms. The van der Waals surface area contributed by atoms with E-state index in [9.17, 15) is 9.18 Å². The molecule has 0 aliphatic rings. The van der Waals surface area contributed by atoms with Gasteiger partial charge in [0, 0.05) is 25.5 Å². The first-order valence-corrected chi connectivity index (χ1v) is 15.6. The number of rotatable bonds is 25. The van der Waals surface area contributed by atoms with E-state index in [1.54, 1.807) is 12.1 Å². The first-order chi connectivity index (χ1) is 21.1. The van der Waals surface area contributed by atoms with Gasteiger partial charge in [-0.3, -0.25) is 9.78 Å². The van der Waals surface area contributed by atoms with Gasteiger partial charge in [0.2, 0.25) is 5.95 Å². The number of imidazole rings is 1. The van der Waals surface area contributed by atoms with E-state index in [0.29, 0.717) is 78.1 Å². The third-order valence-corrected chi connectivity index (χ3v) is 6.82. The van der Waals surface area contributed by atoms with Gasteiger partial charge in [-0.2, -0.15) is 4.98 Å². The average molecular weight is 626 g/mol. The van der Waals surface area contributed by atoms with E-state index in [1.807, 2.05) is 4.57 Å². The predicted octanol–water partition coefficient (Wildman–Crippen LogP) is 4.09. The second-order valence-corrected chi connectivity index (χ2v) is 10.4. The molecule has 0 spiro atoms. The smallest absolute Gasteiger partial charge is 0.280 e. The fourth-order valence-corrected chi connectivity index (χ4v) is 4.51. The van der Waals surface area contributed by atoms with Gasteiger partial charge in [-0.1, -0.05) is 25.0 Å². The van der Waals surface area contributed by atoms with Crippen molar-refractivity contribution in [3.8, 4) is 0 Å². The summed E-state index contributed by atoms with van der Waals surface area (Å²) in [4.78, 5) is 23.7. The maximum Gasteiger partial charge on any atom is 0.280 e. The minimum Gasteiger partial charge on any atom is -0.379 e. The number of hydrogen-bond donors (Lipinski definition) is 2. The van der Waals surface area contributed by atoms with Gasteiger partial charge in [-0.15, -0.1) is 11.6 Å². The molecule has 3 rings (SSSR count). The predicted molar refractivity (Wildman–Crippen MR) is 164 cm³/mol. The van der Waals surface area contributed by atoms with Gasteiger partial charge in [0.25, 0.3) is 5.56 Å². The van der Waals surface area contributed by atoms with Crippen molar-refractivity contribution in [2.24, 2.45) is 0 Å². The zero-order valence-electron chi connectivity index (χ0n) is 24.9. The van der Waals surface area contributed by atoms with Crippen LogP contribution in [0.25, 0.3) is 11.2 Å². The summed E-state index contributed by atoms with van der Waals surface area (Å²) in [6.07, 6.45) is 6.70. The van der Waals surface area contributed by atoms with Gasteiger partial charge in [0.1, 0.15) is 11.6 Å². The van der Waals surface area contributed by atoms with Gasteiger partial charge in [-0.25, -0.2) is 9.37 Å². The number of halogens is 2. The molecular weight excluding hydrogens is 581 g/mol. The zero-order valence-corrected chi connectivity index (χ0v) is 25.6. The molecule has 1 aromatic carbocycles. The molecule has 0 aliphatic carbocycles. The maximum atomic E-state index is 13.4. The summed E-state index contributed by atoms with van der Waals surface area (Å²) in [6.45, 7) is 5.97. The summed E-state index contributed by atoms with van der Waals surface area (Å²) in [5.74, 6) is 1.17.